The zero-order chi connectivity index (χ0) is 24.2. The van der Waals surface area contributed by atoms with Crippen LogP contribution in [0.15, 0.2) is 34.4 Å². The molecule has 0 aromatic heterocycles. The smallest absolute Gasteiger partial charge is 0.407 e. The van der Waals surface area contributed by atoms with Gasteiger partial charge in [-0.25, -0.2) is 9.59 Å². The summed E-state index contributed by atoms with van der Waals surface area (Å²) in [6, 6.07) is 6.11. The van der Waals surface area contributed by atoms with Crippen molar-refractivity contribution in [2.45, 2.75) is 51.7 Å². The number of alkyl carbamates (subject to hydrolysis) is 1. The third-order valence-corrected chi connectivity index (χ3v) is 4.81. The molecule has 1 aliphatic rings. The van der Waals surface area contributed by atoms with Crippen molar-refractivity contribution >= 4 is 29.5 Å². The molecular formula is C22H31N5O6. The minimum absolute atomic E-state index is 0.00548. The molecule has 2 amide bonds. The molecule has 1 heterocycles. The molecule has 11 heteroatoms. The molecule has 0 fully saturated rings. The number of benzene rings is 1. The third-order valence-electron chi connectivity index (χ3n) is 4.81. The van der Waals surface area contributed by atoms with Gasteiger partial charge in [-0.15, -0.1) is 0 Å². The monoisotopic (exact) mass is 461 g/mol. The molecule has 2 rings (SSSR count). The number of carboxylic acid groups (broad SMARTS) is 1. The Bertz CT molecular complexity index is 884. The van der Waals surface area contributed by atoms with Gasteiger partial charge in [0.25, 0.3) is 0 Å². The molecule has 0 saturated heterocycles. The maximum atomic E-state index is 12.2. The van der Waals surface area contributed by atoms with Gasteiger partial charge in [-0.1, -0.05) is 42.8 Å². The molecule has 0 spiro atoms. The summed E-state index contributed by atoms with van der Waals surface area (Å²) in [6.45, 7) is 4.37. The highest BCUT2D eigenvalue weighted by atomic mass is 16.6. The van der Waals surface area contributed by atoms with Gasteiger partial charge in [0.1, 0.15) is 18.0 Å². The van der Waals surface area contributed by atoms with E-state index in [9.17, 15) is 19.5 Å². The first-order valence-corrected chi connectivity index (χ1v) is 10.9. The van der Waals surface area contributed by atoms with E-state index in [-0.39, 0.29) is 19.6 Å². The Morgan fingerprint density at radius 1 is 1.30 bits per heavy atom. The van der Waals surface area contributed by atoms with Crippen LogP contribution in [0.1, 0.15) is 50.7 Å². The zero-order valence-electron chi connectivity index (χ0n) is 18.9. The van der Waals surface area contributed by atoms with Gasteiger partial charge < -0.3 is 31.0 Å². The van der Waals surface area contributed by atoms with Crippen molar-refractivity contribution in [2.24, 2.45) is 15.9 Å². The Morgan fingerprint density at radius 2 is 2.03 bits per heavy atom. The van der Waals surface area contributed by atoms with Gasteiger partial charge in [0.15, 0.2) is 0 Å². The quantitative estimate of drug-likeness (QED) is 0.207. The van der Waals surface area contributed by atoms with E-state index >= 15 is 0 Å². The summed E-state index contributed by atoms with van der Waals surface area (Å²) in [5.41, 5.74) is 8.25. The molecule has 5 N–H and O–H groups in total. The van der Waals surface area contributed by atoms with Crippen molar-refractivity contribution < 1.29 is 29.1 Å². The lowest BCUT2D eigenvalue weighted by molar-refractivity contribution is -0.139. The van der Waals surface area contributed by atoms with E-state index in [2.05, 4.69) is 20.8 Å². The SMILES string of the molecule is CCCCOC(=O)N[C@@H](CNC(=O)C[C@H]1CC(c2ccc(C(N)=NCC)cc2)=NO1)C(=O)O. The van der Waals surface area contributed by atoms with Crippen LogP contribution >= 0.6 is 0 Å². The highest BCUT2D eigenvalue weighted by Crippen LogP contribution is 2.19. The molecule has 0 radical (unpaired) electrons. The third kappa shape index (κ3) is 8.43. The summed E-state index contributed by atoms with van der Waals surface area (Å²) in [4.78, 5) is 44.8. The lowest BCUT2D eigenvalue weighted by Gasteiger charge is -2.16. The summed E-state index contributed by atoms with van der Waals surface area (Å²) < 4.78 is 4.89. The number of nitrogens with one attached hydrogen (secondary N) is 2. The highest BCUT2D eigenvalue weighted by molar-refractivity contribution is 6.03. The van der Waals surface area contributed by atoms with Crippen molar-refractivity contribution in [2.75, 3.05) is 19.7 Å². The molecule has 1 aliphatic heterocycles. The topological polar surface area (TPSA) is 165 Å². The predicted molar refractivity (Wildman–Crippen MR) is 122 cm³/mol. The van der Waals surface area contributed by atoms with Gasteiger partial charge in [0, 0.05) is 25.1 Å². The van der Waals surface area contributed by atoms with Crippen LogP contribution in [0, 0.1) is 0 Å². The molecule has 0 bridgehead atoms. The average Bonchev–Trinajstić information content (AvgIpc) is 3.25. The molecule has 0 unspecified atom stereocenters. The van der Waals surface area contributed by atoms with E-state index < -0.39 is 30.1 Å². The number of amides is 2. The number of ether oxygens (including phenoxy) is 1. The summed E-state index contributed by atoms with van der Waals surface area (Å²) in [5.74, 6) is -1.23. The van der Waals surface area contributed by atoms with Gasteiger partial charge in [0.2, 0.25) is 5.91 Å². The van der Waals surface area contributed by atoms with E-state index in [1.165, 1.54) is 0 Å². The largest absolute Gasteiger partial charge is 0.480 e. The first-order valence-electron chi connectivity index (χ1n) is 10.9. The molecule has 2 atom stereocenters. The van der Waals surface area contributed by atoms with E-state index in [0.29, 0.717) is 30.9 Å². The fraction of sp³-hybridized carbons (Fsp3) is 0.500. The van der Waals surface area contributed by atoms with Crippen LogP contribution in [-0.4, -0.2) is 66.5 Å². The summed E-state index contributed by atoms with van der Waals surface area (Å²) in [5, 5.41) is 18.0. The Morgan fingerprint density at radius 3 is 2.67 bits per heavy atom. The molecule has 180 valence electrons. The summed E-state index contributed by atoms with van der Waals surface area (Å²) >= 11 is 0. The van der Waals surface area contributed by atoms with Crippen molar-refractivity contribution in [3.05, 3.63) is 35.4 Å². The van der Waals surface area contributed by atoms with E-state index in [1.54, 1.807) is 0 Å². The number of carbonyl (C=O) groups excluding carboxylic acids is 2. The number of nitrogens with two attached hydrogens (primary N) is 1. The fourth-order valence-electron chi connectivity index (χ4n) is 2.99. The number of nitrogens with zero attached hydrogens (tertiary/aromatic N) is 2. The number of unbranched alkanes of at least 4 members (excludes halogenated alkanes) is 1. The molecular weight excluding hydrogens is 430 g/mol. The summed E-state index contributed by atoms with van der Waals surface area (Å²) in [6.07, 6.45) is 0.634. The molecule has 0 aliphatic carbocycles. The molecule has 1 aromatic carbocycles. The second-order valence-electron chi connectivity index (χ2n) is 7.44. The van der Waals surface area contributed by atoms with Crippen molar-refractivity contribution in [3.8, 4) is 0 Å². The number of amidine groups is 1. The predicted octanol–water partition coefficient (Wildman–Crippen LogP) is 1.39. The maximum Gasteiger partial charge on any atom is 0.407 e. The van der Waals surface area contributed by atoms with E-state index in [0.717, 1.165) is 17.5 Å². The van der Waals surface area contributed by atoms with Crippen LogP contribution < -0.4 is 16.4 Å². The number of carboxylic acids is 1. The number of carbonyl (C=O) groups is 3. The van der Waals surface area contributed by atoms with Crippen LogP contribution in [0.4, 0.5) is 4.79 Å². The first-order chi connectivity index (χ1) is 15.8. The number of hydrogen-bond donors (Lipinski definition) is 4. The molecule has 0 saturated carbocycles. The number of aliphatic imine (C=N–C) groups is 1. The second kappa shape index (κ2) is 13.0. The Balaban J connectivity index is 1.79. The Hall–Kier alpha value is -3.63. The average molecular weight is 462 g/mol. The maximum absolute atomic E-state index is 12.2. The van der Waals surface area contributed by atoms with E-state index in [1.807, 2.05) is 38.1 Å². The Kier molecular flexibility index (Phi) is 10.1. The molecule has 11 nitrogen and oxygen atoms in total. The standard InChI is InChI=1S/C22H31N5O6/c1-3-5-10-32-22(31)26-18(21(29)30)13-25-19(28)12-16-11-17(27-33-16)14-6-8-15(9-7-14)20(23)24-4-2/h6-9,16,18H,3-5,10-13H2,1-2H3,(H2,23,24)(H,25,28)(H,26,31)(H,29,30)/t16-,18+/m1/s1. The minimum Gasteiger partial charge on any atom is -0.480 e. The number of aliphatic carboxylic acids is 1. The van der Waals surface area contributed by atoms with E-state index in [4.69, 9.17) is 15.3 Å². The Labute approximate surface area is 192 Å². The molecule has 1 aromatic rings. The van der Waals surface area contributed by atoms with Crippen LogP contribution in [0.3, 0.4) is 0 Å². The van der Waals surface area contributed by atoms with Crippen molar-refractivity contribution in [3.63, 3.8) is 0 Å². The van der Waals surface area contributed by atoms with Gasteiger partial charge in [0.05, 0.1) is 18.7 Å². The van der Waals surface area contributed by atoms with Gasteiger partial charge in [-0.3, -0.25) is 9.79 Å². The lowest BCUT2D eigenvalue weighted by Crippen LogP contribution is -2.48. The fourth-order valence-corrected chi connectivity index (χ4v) is 2.99. The number of hydrogen-bond acceptors (Lipinski definition) is 7. The number of rotatable bonds is 12. The summed E-state index contributed by atoms with van der Waals surface area (Å²) in [7, 11) is 0. The highest BCUT2D eigenvalue weighted by Gasteiger charge is 2.26. The second-order valence-corrected chi connectivity index (χ2v) is 7.44. The normalized spacial score (nSPS) is 16.4. The van der Waals surface area contributed by atoms with Crippen molar-refractivity contribution in [1.29, 1.82) is 0 Å². The van der Waals surface area contributed by atoms with Gasteiger partial charge in [-0.2, -0.15) is 0 Å². The van der Waals surface area contributed by atoms with Crippen LogP contribution in [0.25, 0.3) is 0 Å². The van der Waals surface area contributed by atoms with Gasteiger partial charge in [-0.05, 0) is 18.9 Å². The lowest BCUT2D eigenvalue weighted by atomic mass is 10.0. The zero-order valence-corrected chi connectivity index (χ0v) is 18.9. The molecule has 33 heavy (non-hydrogen) atoms. The van der Waals surface area contributed by atoms with Crippen molar-refractivity contribution in [1.82, 2.24) is 10.6 Å². The van der Waals surface area contributed by atoms with Gasteiger partial charge >= 0.3 is 12.1 Å². The van der Waals surface area contributed by atoms with Crippen LogP contribution in [0.5, 0.6) is 0 Å². The van der Waals surface area contributed by atoms with Crippen LogP contribution in [-0.2, 0) is 19.2 Å². The van der Waals surface area contributed by atoms with Crippen LogP contribution in [0.2, 0.25) is 0 Å². The minimum atomic E-state index is -1.30. The first kappa shape index (κ1) is 25.6. The number of oxime groups is 1.